The van der Waals surface area contributed by atoms with Crippen LogP contribution in [0.1, 0.15) is 23.7 Å². The van der Waals surface area contributed by atoms with Crippen LogP contribution < -0.4 is 0 Å². The molecule has 0 aliphatic heterocycles. The first-order chi connectivity index (χ1) is 10.1. The summed E-state index contributed by atoms with van der Waals surface area (Å²) >= 11 is 0. The maximum Gasteiger partial charge on any atom is 0.162 e. The van der Waals surface area contributed by atoms with Gasteiger partial charge in [-0.05, 0) is 23.8 Å². The second-order valence-corrected chi connectivity index (χ2v) is 5.17. The van der Waals surface area contributed by atoms with Crippen LogP contribution >= 0.6 is 0 Å². The summed E-state index contributed by atoms with van der Waals surface area (Å²) < 4.78 is 15.1. The fourth-order valence-electron chi connectivity index (χ4n) is 2.62. The van der Waals surface area contributed by atoms with Gasteiger partial charge in [0.25, 0.3) is 0 Å². The number of benzene rings is 2. The van der Waals surface area contributed by atoms with E-state index in [1.54, 1.807) is 12.1 Å². The highest BCUT2D eigenvalue weighted by Gasteiger charge is 2.11. The molecule has 0 N–H and O–H groups in total. The normalized spacial score (nSPS) is 11.0. The fraction of sp³-hybridized carbons (Fsp3) is 0.167. The van der Waals surface area contributed by atoms with E-state index in [0.717, 1.165) is 27.6 Å². The van der Waals surface area contributed by atoms with Gasteiger partial charge in [0.2, 0.25) is 0 Å². The van der Waals surface area contributed by atoms with Gasteiger partial charge in [-0.15, -0.1) is 0 Å². The van der Waals surface area contributed by atoms with Crippen LogP contribution in [0.4, 0.5) is 4.39 Å². The number of carbonyl (C=O) groups excluding carboxylic acids is 1. The van der Waals surface area contributed by atoms with Crippen molar-refractivity contribution in [3.63, 3.8) is 0 Å². The summed E-state index contributed by atoms with van der Waals surface area (Å²) in [6.45, 7) is 1.86. The van der Waals surface area contributed by atoms with Gasteiger partial charge in [-0.2, -0.15) is 0 Å². The molecule has 0 aliphatic rings. The zero-order chi connectivity index (χ0) is 15.0. The van der Waals surface area contributed by atoms with Crippen LogP contribution in [0.5, 0.6) is 0 Å². The van der Waals surface area contributed by atoms with Crippen molar-refractivity contribution in [3.05, 3.63) is 60.0 Å². The molecule has 0 saturated carbocycles. The Labute approximate surface area is 122 Å². The van der Waals surface area contributed by atoms with Crippen LogP contribution in [0, 0.1) is 5.82 Å². The highest BCUT2D eigenvalue weighted by atomic mass is 19.1. The van der Waals surface area contributed by atoms with Gasteiger partial charge in [0.15, 0.2) is 5.78 Å². The summed E-state index contributed by atoms with van der Waals surface area (Å²) in [5, 5.41) is 1.07. The van der Waals surface area contributed by atoms with E-state index in [9.17, 15) is 9.18 Å². The molecule has 1 aromatic heterocycles. The van der Waals surface area contributed by atoms with Gasteiger partial charge in [0.1, 0.15) is 5.82 Å². The summed E-state index contributed by atoms with van der Waals surface area (Å²) in [7, 11) is 1.95. The molecule has 0 bridgehead atoms. The Balaban J connectivity index is 2.17. The van der Waals surface area contributed by atoms with Crippen LogP contribution in [0.3, 0.4) is 0 Å². The van der Waals surface area contributed by atoms with Gasteiger partial charge in [-0.25, -0.2) is 4.39 Å². The second-order valence-electron chi connectivity index (χ2n) is 5.17. The van der Waals surface area contributed by atoms with E-state index in [2.05, 4.69) is 0 Å². The first-order valence-electron chi connectivity index (χ1n) is 6.98. The van der Waals surface area contributed by atoms with Crippen LogP contribution in [-0.2, 0) is 7.05 Å². The number of halogens is 1. The lowest BCUT2D eigenvalue weighted by Gasteiger charge is -2.02. The molecule has 0 atom stereocenters. The summed E-state index contributed by atoms with van der Waals surface area (Å²) in [4.78, 5) is 11.8. The SMILES string of the molecule is CCC(=O)c1ccc2c(-c3ccc(F)cc3)cn(C)c2c1. The predicted molar refractivity (Wildman–Crippen MR) is 82.9 cm³/mol. The Bertz CT molecular complexity index is 815. The highest BCUT2D eigenvalue weighted by Crippen LogP contribution is 2.31. The molecule has 0 radical (unpaired) electrons. The van der Waals surface area contributed by atoms with Crippen molar-refractivity contribution in [1.29, 1.82) is 0 Å². The van der Waals surface area contributed by atoms with Crippen LogP contribution in [0.2, 0.25) is 0 Å². The molecule has 0 aliphatic carbocycles. The lowest BCUT2D eigenvalue weighted by Crippen LogP contribution is -1.96. The minimum absolute atomic E-state index is 0.140. The highest BCUT2D eigenvalue weighted by molar-refractivity contribution is 6.02. The zero-order valence-corrected chi connectivity index (χ0v) is 12.1. The molecule has 0 spiro atoms. The molecule has 2 aromatic carbocycles. The number of nitrogens with zero attached hydrogens (tertiary/aromatic N) is 1. The number of Topliss-reactive ketones (excluding diaryl/α,β-unsaturated/α-hetero) is 1. The smallest absolute Gasteiger partial charge is 0.162 e. The van der Waals surface area contributed by atoms with E-state index in [4.69, 9.17) is 0 Å². The van der Waals surface area contributed by atoms with Crippen LogP contribution in [-0.4, -0.2) is 10.4 Å². The predicted octanol–water partition coefficient (Wildman–Crippen LogP) is 4.58. The van der Waals surface area contributed by atoms with Crippen LogP contribution in [0.25, 0.3) is 22.0 Å². The standard InChI is InChI=1S/C18H16FNO/c1-3-18(21)13-6-9-15-16(11-20(2)17(15)10-13)12-4-7-14(19)8-5-12/h4-11H,3H2,1-2H3. The number of ketones is 1. The van der Waals surface area contributed by atoms with Crippen molar-refractivity contribution >= 4 is 16.7 Å². The Hall–Kier alpha value is -2.42. The third kappa shape index (κ3) is 2.35. The number of hydrogen-bond donors (Lipinski definition) is 0. The van der Waals surface area contributed by atoms with Crippen molar-refractivity contribution in [2.24, 2.45) is 7.05 Å². The Morgan fingerprint density at radius 3 is 2.52 bits per heavy atom. The van der Waals surface area contributed by atoms with Crippen molar-refractivity contribution in [3.8, 4) is 11.1 Å². The third-order valence-electron chi connectivity index (χ3n) is 3.79. The van der Waals surface area contributed by atoms with Gasteiger partial charge in [-0.3, -0.25) is 4.79 Å². The van der Waals surface area contributed by atoms with Crippen LogP contribution in [0.15, 0.2) is 48.7 Å². The number of aromatic nitrogens is 1. The molecule has 3 aromatic rings. The number of rotatable bonds is 3. The van der Waals surface area contributed by atoms with Gasteiger partial charge in [-0.1, -0.05) is 31.2 Å². The summed E-state index contributed by atoms with van der Waals surface area (Å²) in [5.74, 6) is -0.101. The first kappa shape index (κ1) is 13.6. The molecule has 1 heterocycles. The minimum atomic E-state index is -0.241. The second kappa shape index (κ2) is 5.17. The summed E-state index contributed by atoms with van der Waals surface area (Å²) in [5.41, 5.74) is 3.75. The van der Waals surface area contributed by atoms with Gasteiger partial charge < -0.3 is 4.57 Å². The molecule has 0 unspecified atom stereocenters. The molecule has 0 saturated heterocycles. The number of hydrogen-bond acceptors (Lipinski definition) is 1. The van der Waals surface area contributed by atoms with E-state index in [0.29, 0.717) is 6.42 Å². The van der Waals surface area contributed by atoms with E-state index in [1.165, 1.54) is 12.1 Å². The number of fused-ring (bicyclic) bond motifs is 1. The lowest BCUT2D eigenvalue weighted by molar-refractivity contribution is 0.0988. The molecule has 3 heteroatoms. The van der Waals surface area contributed by atoms with E-state index < -0.39 is 0 Å². The topological polar surface area (TPSA) is 22.0 Å². The maximum atomic E-state index is 13.1. The first-order valence-corrected chi connectivity index (χ1v) is 6.98. The summed E-state index contributed by atoms with van der Waals surface area (Å²) in [6, 6.07) is 12.2. The Morgan fingerprint density at radius 2 is 1.86 bits per heavy atom. The molecular weight excluding hydrogens is 265 g/mol. The lowest BCUT2D eigenvalue weighted by atomic mass is 10.0. The number of aryl methyl sites for hydroxylation is 1. The Morgan fingerprint density at radius 1 is 1.14 bits per heavy atom. The fourth-order valence-corrected chi connectivity index (χ4v) is 2.62. The molecule has 106 valence electrons. The van der Waals surface area contributed by atoms with Gasteiger partial charge in [0.05, 0.1) is 0 Å². The van der Waals surface area contributed by atoms with Crippen molar-refractivity contribution in [1.82, 2.24) is 4.57 Å². The molecular formula is C18H16FNO. The molecule has 21 heavy (non-hydrogen) atoms. The van der Waals surface area contributed by atoms with E-state index in [1.807, 2.05) is 42.9 Å². The molecule has 0 fully saturated rings. The van der Waals surface area contributed by atoms with Gasteiger partial charge >= 0.3 is 0 Å². The van der Waals surface area contributed by atoms with E-state index in [-0.39, 0.29) is 11.6 Å². The van der Waals surface area contributed by atoms with Crippen molar-refractivity contribution < 1.29 is 9.18 Å². The number of carbonyl (C=O) groups is 1. The minimum Gasteiger partial charge on any atom is -0.350 e. The summed E-state index contributed by atoms with van der Waals surface area (Å²) in [6.07, 6.45) is 2.51. The van der Waals surface area contributed by atoms with Crippen molar-refractivity contribution in [2.45, 2.75) is 13.3 Å². The molecule has 0 amide bonds. The largest absolute Gasteiger partial charge is 0.350 e. The van der Waals surface area contributed by atoms with Gasteiger partial charge in [0, 0.05) is 41.7 Å². The Kier molecular flexibility index (Phi) is 3.34. The quantitative estimate of drug-likeness (QED) is 0.644. The average Bonchev–Trinajstić information content (AvgIpc) is 2.84. The monoisotopic (exact) mass is 281 g/mol. The maximum absolute atomic E-state index is 13.1. The molecule has 2 nitrogen and oxygen atoms in total. The van der Waals surface area contributed by atoms with Crippen molar-refractivity contribution in [2.75, 3.05) is 0 Å². The molecule has 3 rings (SSSR count). The zero-order valence-electron chi connectivity index (χ0n) is 12.1. The van der Waals surface area contributed by atoms with E-state index >= 15 is 0 Å². The average molecular weight is 281 g/mol. The third-order valence-corrected chi connectivity index (χ3v) is 3.79.